The second-order valence-electron chi connectivity index (χ2n) is 7.39. The van der Waals surface area contributed by atoms with Crippen LogP contribution in [0.4, 0.5) is 0 Å². The Bertz CT molecular complexity index is 592. The summed E-state index contributed by atoms with van der Waals surface area (Å²) in [6.07, 6.45) is 3.28. The van der Waals surface area contributed by atoms with Gasteiger partial charge in [0.1, 0.15) is 12.4 Å². The van der Waals surface area contributed by atoms with E-state index >= 15 is 0 Å². The molecule has 0 radical (unpaired) electrons. The lowest BCUT2D eigenvalue weighted by Crippen LogP contribution is -2.38. The first-order valence-corrected chi connectivity index (χ1v) is 11.4. The van der Waals surface area contributed by atoms with E-state index in [4.69, 9.17) is 19.2 Å². The summed E-state index contributed by atoms with van der Waals surface area (Å²) in [5.41, 5.74) is 1.14. The lowest BCUT2D eigenvalue weighted by Gasteiger charge is -2.26. The molecule has 1 fully saturated rings. The van der Waals surface area contributed by atoms with E-state index in [1.807, 2.05) is 12.1 Å². The SMILES string of the molecule is CCCCOCCCNC(=NCc1cccc(OCCN2CCOCC2)c1)NCC. The number of benzene rings is 1. The van der Waals surface area contributed by atoms with Crippen LogP contribution >= 0.6 is 0 Å². The van der Waals surface area contributed by atoms with Crippen molar-refractivity contribution in [1.29, 1.82) is 0 Å². The van der Waals surface area contributed by atoms with Crippen molar-refractivity contribution in [2.75, 3.05) is 65.8 Å². The van der Waals surface area contributed by atoms with Gasteiger partial charge in [-0.15, -0.1) is 0 Å². The van der Waals surface area contributed by atoms with Crippen molar-refractivity contribution >= 4 is 5.96 Å². The minimum absolute atomic E-state index is 0.614. The standard InChI is InChI=1S/C23H40N4O3/c1-3-5-14-28-15-7-10-25-23(24-4-2)26-20-21-8-6-9-22(19-21)30-18-13-27-11-16-29-17-12-27/h6,8-9,19H,3-5,7,10-18,20H2,1-2H3,(H2,24,25,26). The van der Waals surface area contributed by atoms with E-state index < -0.39 is 0 Å². The van der Waals surface area contributed by atoms with Crippen molar-refractivity contribution in [3.63, 3.8) is 0 Å². The molecular formula is C23H40N4O3. The Morgan fingerprint density at radius 3 is 2.73 bits per heavy atom. The molecule has 0 aliphatic carbocycles. The van der Waals surface area contributed by atoms with Crippen molar-refractivity contribution in [3.8, 4) is 5.75 Å². The van der Waals surface area contributed by atoms with Gasteiger partial charge < -0.3 is 24.8 Å². The van der Waals surface area contributed by atoms with E-state index in [0.29, 0.717) is 13.2 Å². The summed E-state index contributed by atoms with van der Waals surface area (Å²) < 4.78 is 16.9. The fraction of sp³-hybridized carbons (Fsp3) is 0.696. The highest BCUT2D eigenvalue weighted by atomic mass is 16.5. The molecule has 1 aliphatic rings. The molecule has 2 rings (SSSR count). The Morgan fingerprint density at radius 1 is 1.10 bits per heavy atom. The van der Waals surface area contributed by atoms with E-state index in [0.717, 1.165) is 89.3 Å². The zero-order valence-corrected chi connectivity index (χ0v) is 18.8. The lowest BCUT2D eigenvalue weighted by molar-refractivity contribution is 0.0322. The van der Waals surface area contributed by atoms with Gasteiger partial charge >= 0.3 is 0 Å². The van der Waals surface area contributed by atoms with Gasteiger partial charge in [-0.25, -0.2) is 4.99 Å². The number of morpholine rings is 1. The molecule has 0 saturated carbocycles. The zero-order chi connectivity index (χ0) is 21.3. The van der Waals surface area contributed by atoms with Gasteiger partial charge in [-0.2, -0.15) is 0 Å². The predicted octanol–water partition coefficient (Wildman–Crippen LogP) is 2.66. The van der Waals surface area contributed by atoms with Crippen molar-refractivity contribution in [2.24, 2.45) is 4.99 Å². The van der Waals surface area contributed by atoms with Crippen LogP contribution < -0.4 is 15.4 Å². The molecule has 0 spiro atoms. The number of unbranched alkanes of at least 4 members (excludes halogenated alkanes) is 1. The number of guanidine groups is 1. The quantitative estimate of drug-likeness (QED) is 0.274. The third-order valence-corrected chi connectivity index (χ3v) is 4.84. The number of hydrogen-bond donors (Lipinski definition) is 2. The van der Waals surface area contributed by atoms with Crippen molar-refractivity contribution in [2.45, 2.75) is 39.7 Å². The van der Waals surface area contributed by atoms with Gasteiger partial charge in [0.25, 0.3) is 0 Å². The largest absolute Gasteiger partial charge is 0.492 e. The minimum atomic E-state index is 0.614. The second-order valence-corrected chi connectivity index (χ2v) is 7.39. The topological polar surface area (TPSA) is 67.3 Å². The molecule has 7 heteroatoms. The molecule has 0 bridgehead atoms. The minimum Gasteiger partial charge on any atom is -0.492 e. The Morgan fingerprint density at radius 2 is 1.93 bits per heavy atom. The highest BCUT2D eigenvalue weighted by molar-refractivity contribution is 5.79. The van der Waals surface area contributed by atoms with Crippen molar-refractivity contribution in [1.82, 2.24) is 15.5 Å². The van der Waals surface area contributed by atoms with Crippen LogP contribution in [0.1, 0.15) is 38.7 Å². The van der Waals surface area contributed by atoms with Crippen LogP contribution in [-0.2, 0) is 16.0 Å². The van der Waals surface area contributed by atoms with E-state index in [1.54, 1.807) is 0 Å². The molecule has 1 saturated heterocycles. The molecule has 7 nitrogen and oxygen atoms in total. The fourth-order valence-corrected chi connectivity index (χ4v) is 3.09. The number of nitrogens with one attached hydrogen (secondary N) is 2. The maximum absolute atomic E-state index is 5.95. The Kier molecular flexibility index (Phi) is 13.0. The smallest absolute Gasteiger partial charge is 0.191 e. The molecule has 1 aliphatic heterocycles. The van der Waals surface area contributed by atoms with Gasteiger partial charge in [-0.05, 0) is 37.5 Å². The van der Waals surface area contributed by atoms with Crippen LogP contribution in [0, 0.1) is 0 Å². The number of nitrogens with zero attached hydrogens (tertiary/aromatic N) is 2. The fourth-order valence-electron chi connectivity index (χ4n) is 3.09. The second kappa shape index (κ2) is 15.9. The third-order valence-electron chi connectivity index (χ3n) is 4.84. The van der Waals surface area contributed by atoms with Gasteiger partial charge in [0.15, 0.2) is 5.96 Å². The Labute approximate surface area is 182 Å². The lowest BCUT2D eigenvalue weighted by atomic mass is 10.2. The maximum atomic E-state index is 5.95. The van der Waals surface area contributed by atoms with Crippen molar-refractivity contribution in [3.05, 3.63) is 29.8 Å². The Hall–Kier alpha value is -1.83. The van der Waals surface area contributed by atoms with Crippen LogP contribution in [0.5, 0.6) is 5.75 Å². The maximum Gasteiger partial charge on any atom is 0.191 e. The molecule has 0 aromatic heterocycles. The first kappa shape index (κ1) is 24.4. The summed E-state index contributed by atoms with van der Waals surface area (Å²) in [6, 6.07) is 8.20. The number of aliphatic imine (C=N–C) groups is 1. The molecule has 1 heterocycles. The summed E-state index contributed by atoms with van der Waals surface area (Å²) >= 11 is 0. The average Bonchev–Trinajstić information content (AvgIpc) is 2.78. The zero-order valence-electron chi connectivity index (χ0n) is 18.8. The van der Waals surface area contributed by atoms with Gasteiger partial charge in [0, 0.05) is 45.9 Å². The summed E-state index contributed by atoms with van der Waals surface area (Å²) in [4.78, 5) is 7.08. The van der Waals surface area contributed by atoms with Gasteiger partial charge in [0.05, 0.1) is 19.8 Å². The van der Waals surface area contributed by atoms with E-state index in [9.17, 15) is 0 Å². The average molecular weight is 421 g/mol. The Balaban J connectivity index is 1.71. The van der Waals surface area contributed by atoms with Crippen LogP contribution in [0.25, 0.3) is 0 Å². The number of rotatable bonds is 14. The summed E-state index contributed by atoms with van der Waals surface area (Å²) in [5.74, 6) is 1.74. The molecule has 1 aromatic rings. The molecular weight excluding hydrogens is 380 g/mol. The normalized spacial score (nSPS) is 15.2. The molecule has 1 aromatic carbocycles. The number of hydrogen-bond acceptors (Lipinski definition) is 5. The molecule has 0 atom stereocenters. The van der Waals surface area contributed by atoms with Gasteiger partial charge in [0.2, 0.25) is 0 Å². The predicted molar refractivity (Wildman–Crippen MR) is 122 cm³/mol. The highest BCUT2D eigenvalue weighted by Crippen LogP contribution is 2.14. The summed E-state index contributed by atoms with van der Waals surface area (Å²) in [5, 5.41) is 6.68. The van der Waals surface area contributed by atoms with E-state index in [2.05, 4.69) is 41.5 Å². The van der Waals surface area contributed by atoms with Crippen LogP contribution in [-0.4, -0.2) is 76.6 Å². The molecule has 0 unspecified atom stereocenters. The molecule has 170 valence electrons. The van der Waals surface area contributed by atoms with Crippen molar-refractivity contribution < 1.29 is 14.2 Å². The summed E-state index contributed by atoms with van der Waals surface area (Å²) in [7, 11) is 0. The highest BCUT2D eigenvalue weighted by Gasteiger charge is 2.09. The van der Waals surface area contributed by atoms with Crippen LogP contribution in [0.15, 0.2) is 29.3 Å². The summed E-state index contributed by atoms with van der Waals surface area (Å²) in [6.45, 7) is 13.4. The third kappa shape index (κ3) is 10.8. The molecule has 2 N–H and O–H groups in total. The first-order chi connectivity index (χ1) is 14.8. The monoisotopic (exact) mass is 420 g/mol. The molecule has 30 heavy (non-hydrogen) atoms. The number of ether oxygens (including phenoxy) is 3. The molecule has 0 amide bonds. The van der Waals surface area contributed by atoms with Gasteiger partial charge in [-0.1, -0.05) is 25.5 Å². The van der Waals surface area contributed by atoms with E-state index in [-0.39, 0.29) is 0 Å². The first-order valence-electron chi connectivity index (χ1n) is 11.4. The van der Waals surface area contributed by atoms with Crippen LogP contribution in [0.2, 0.25) is 0 Å². The van der Waals surface area contributed by atoms with Crippen LogP contribution in [0.3, 0.4) is 0 Å². The van der Waals surface area contributed by atoms with Gasteiger partial charge in [-0.3, -0.25) is 4.90 Å². The van der Waals surface area contributed by atoms with E-state index in [1.165, 1.54) is 6.42 Å².